The molecule has 1 heterocycles. The van der Waals surface area contributed by atoms with Gasteiger partial charge in [0.05, 0.1) is 27.9 Å². The summed E-state index contributed by atoms with van der Waals surface area (Å²) >= 11 is 7.40. The highest BCUT2D eigenvalue weighted by Crippen LogP contribution is 2.36. The van der Waals surface area contributed by atoms with Gasteiger partial charge in [-0.2, -0.15) is 0 Å². The number of carbonyl (C=O) groups excluding carboxylic acids is 1. The minimum Gasteiger partial charge on any atom is -0.351 e. The molecule has 4 rings (SSSR count). The third-order valence-corrected chi connectivity index (χ3v) is 6.80. The number of amides is 1. The van der Waals surface area contributed by atoms with Crippen LogP contribution < -0.4 is 5.32 Å². The van der Waals surface area contributed by atoms with Crippen LogP contribution in [0.4, 0.5) is 11.4 Å². The molecule has 0 saturated carbocycles. The lowest BCUT2D eigenvalue weighted by molar-refractivity contribution is -0.118. The summed E-state index contributed by atoms with van der Waals surface area (Å²) in [5.74, 6) is 0.268. The van der Waals surface area contributed by atoms with Gasteiger partial charge in [0.2, 0.25) is 5.91 Å². The second kappa shape index (κ2) is 10.4. The van der Waals surface area contributed by atoms with Gasteiger partial charge in [0.25, 0.3) is 0 Å². The van der Waals surface area contributed by atoms with Crippen LogP contribution in [0.5, 0.6) is 0 Å². The Labute approximate surface area is 204 Å². The maximum absolute atomic E-state index is 12.5. The van der Waals surface area contributed by atoms with E-state index in [0.717, 1.165) is 33.3 Å². The molecular formula is C27H26ClN3OS. The van der Waals surface area contributed by atoms with Crippen molar-refractivity contribution in [2.24, 2.45) is 9.98 Å². The zero-order valence-electron chi connectivity index (χ0n) is 19.0. The lowest BCUT2D eigenvalue weighted by Crippen LogP contribution is -2.25. The van der Waals surface area contributed by atoms with Crippen molar-refractivity contribution in [3.63, 3.8) is 0 Å². The van der Waals surface area contributed by atoms with Crippen LogP contribution in [0, 0.1) is 20.8 Å². The van der Waals surface area contributed by atoms with Crippen molar-refractivity contribution in [2.75, 3.05) is 5.75 Å². The third kappa shape index (κ3) is 6.12. The van der Waals surface area contributed by atoms with E-state index in [4.69, 9.17) is 21.6 Å². The number of carbonyl (C=O) groups is 1. The molecule has 33 heavy (non-hydrogen) atoms. The molecule has 0 saturated heterocycles. The Hall–Kier alpha value is -2.89. The first-order chi connectivity index (χ1) is 15.9. The number of rotatable bonds is 5. The van der Waals surface area contributed by atoms with E-state index in [0.29, 0.717) is 23.7 Å². The fourth-order valence-electron chi connectivity index (χ4n) is 3.47. The van der Waals surface area contributed by atoms with Crippen LogP contribution in [-0.4, -0.2) is 22.4 Å². The molecule has 1 aliphatic rings. The van der Waals surface area contributed by atoms with Crippen molar-refractivity contribution in [3.8, 4) is 0 Å². The van der Waals surface area contributed by atoms with Crippen molar-refractivity contribution >= 4 is 51.4 Å². The fourth-order valence-corrected chi connectivity index (χ4v) is 4.39. The SMILES string of the molecule is Cc1ccc(C2=Nc3cc(C)c(C)cc3N=C(SCC(=O)NCc3ccc(Cl)cc3)C2)cc1. The molecule has 0 aliphatic carbocycles. The number of hydrogen-bond acceptors (Lipinski definition) is 4. The largest absolute Gasteiger partial charge is 0.351 e. The summed E-state index contributed by atoms with van der Waals surface area (Å²) < 4.78 is 0. The van der Waals surface area contributed by atoms with Gasteiger partial charge in [0.15, 0.2) is 0 Å². The molecule has 0 aromatic heterocycles. The molecule has 0 bridgehead atoms. The zero-order chi connectivity index (χ0) is 23.4. The number of aliphatic imine (C=N–C) groups is 2. The van der Waals surface area contributed by atoms with Crippen LogP contribution in [0.25, 0.3) is 0 Å². The van der Waals surface area contributed by atoms with Crippen molar-refractivity contribution in [3.05, 3.63) is 93.5 Å². The predicted molar refractivity (Wildman–Crippen MR) is 141 cm³/mol. The average Bonchev–Trinajstić information content (AvgIpc) is 2.97. The highest BCUT2D eigenvalue weighted by Gasteiger charge is 2.17. The summed E-state index contributed by atoms with van der Waals surface area (Å²) in [6, 6.07) is 20.0. The minimum absolute atomic E-state index is 0.0315. The van der Waals surface area contributed by atoms with Crippen molar-refractivity contribution in [2.45, 2.75) is 33.7 Å². The molecule has 1 aliphatic heterocycles. The van der Waals surface area contributed by atoms with Crippen LogP contribution in [0.1, 0.15) is 34.2 Å². The first kappa shape index (κ1) is 23.3. The molecule has 168 valence electrons. The number of fused-ring (bicyclic) bond motifs is 1. The molecule has 6 heteroatoms. The van der Waals surface area contributed by atoms with Crippen LogP contribution in [0.15, 0.2) is 70.6 Å². The van der Waals surface area contributed by atoms with Gasteiger partial charge in [0.1, 0.15) is 0 Å². The average molecular weight is 476 g/mol. The molecule has 0 radical (unpaired) electrons. The van der Waals surface area contributed by atoms with Gasteiger partial charge in [-0.1, -0.05) is 53.6 Å². The van der Waals surface area contributed by atoms with Gasteiger partial charge in [-0.25, -0.2) is 4.99 Å². The highest BCUT2D eigenvalue weighted by molar-refractivity contribution is 8.14. The molecule has 1 amide bonds. The molecular weight excluding hydrogens is 450 g/mol. The maximum Gasteiger partial charge on any atom is 0.230 e. The zero-order valence-corrected chi connectivity index (χ0v) is 20.6. The number of nitrogens with zero attached hydrogens (tertiary/aromatic N) is 2. The van der Waals surface area contributed by atoms with E-state index in [1.165, 1.54) is 28.5 Å². The Balaban J connectivity index is 1.51. The Kier molecular flexibility index (Phi) is 7.31. The molecule has 3 aromatic rings. The van der Waals surface area contributed by atoms with Gasteiger partial charge in [-0.15, -0.1) is 11.8 Å². The fraction of sp³-hybridized carbons (Fsp3) is 0.222. The number of nitrogens with one attached hydrogen (secondary N) is 1. The Morgan fingerprint density at radius 1 is 0.939 bits per heavy atom. The van der Waals surface area contributed by atoms with Gasteiger partial charge in [-0.3, -0.25) is 9.79 Å². The molecule has 3 aromatic carbocycles. The number of aryl methyl sites for hydroxylation is 3. The number of thioether (sulfide) groups is 1. The minimum atomic E-state index is -0.0315. The molecule has 1 N–H and O–H groups in total. The Morgan fingerprint density at radius 3 is 2.24 bits per heavy atom. The van der Waals surface area contributed by atoms with Gasteiger partial charge < -0.3 is 5.32 Å². The second-order valence-corrected chi connectivity index (χ2v) is 9.71. The highest BCUT2D eigenvalue weighted by atomic mass is 35.5. The van der Waals surface area contributed by atoms with E-state index in [9.17, 15) is 4.79 Å². The third-order valence-electron chi connectivity index (χ3n) is 5.57. The summed E-state index contributed by atoms with van der Waals surface area (Å²) in [5, 5.41) is 4.54. The maximum atomic E-state index is 12.5. The van der Waals surface area contributed by atoms with Crippen molar-refractivity contribution in [1.82, 2.24) is 5.32 Å². The predicted octanol–water partition coefficient (Wildman–Crippen LogP) is 6.87. The lowest BCUT2D eigenvalue weighted by Gasteiger charge is -2.09. The van der Waals surface area contributed by atoms with E-state index in [-0.39, 0.29) is 5.91 Å². The molecule has 4 nitrogen and oxygen atoms in total. The summed E-state index contributed by atoms with van der Waals surface area (Å²) in [6.45, 7) is 6.72. The first-order valence-corrected chi connectivity index (χ1v) is 12.2. The Morgan fingerprint density at radius 2 is 1.58 bits per heavy atom. The lowest BCUT2D eigenvalue weighted by atomic mass is 10.1. The van der Waals surface area contributed by atoms with E-state index in [2.05, 4.69) is 62.5 Å². The summed E-state index contributed by atoms with van der Waals surface area (Å²) in [7, 11) is 0. The smallest absolute Gasteiger partial charge is 0.230 e. The van der Waals surface area contributed by atoms with Gasteiger partial charge in [0, 0.05) is 18.0 Å². The van der Waals surface area contributed by atoms with E-state index >= 15 is 0 Å². The van der Waals surface area contributed by atoms with Gasteiger partial charge >= 0.3 is 0 Å². The number of hydrogen-bond donors (Lipinski definition) is 1. The molecule has 0 spiro atoms. The molecule has 0 fully saturated rings. The monoisotopic (exact) mass is 475 g/mol. The summed E-state index contributed by atoms with van der Waals surface area (Å²) in [5.41, 5.74) is 8.35. The van der Waals surface area contributed by atoms with E-state index < -0.39 is 0 Å². The molecule has 0 atom stereocenters. The summed E-state index contributed by atoms with van der Waals surface area (Å²) in [6.07, 6.45) is 0.588. The normalized spacial score (nSPS) is 13.0. The standard InChI is InChI=1S/C27H26ClN3OS/c1-17-4-8-21(9-5-17)23-14-27(31-25-13-19(3)18(2)12-24(25)30-23)33-16-26(32)29-15-20-6-10-22(28)11-7-20/h4-13H,14-16H2,1-3H3,(H,29,32). The quantitative estimate of drug-likeness (QED) is 0.437. The number of halogens is 1. The van der Waals surface area contributed by atoms with Crippen LogP contribution in [0.2, 0.25) is 5.02 Å². The van der Waals surface area contributed by atoms with Crippen molar-refractivity contribution in [1.29, 1.82) is 0 Å². The Bertz CT molecular complexity index is 1230. The van der Waals surface area contributed by atoms with Crippen LogP contribution in [-0.2, 0) is 11.3 Å². The van der Waals surface area contributed by atoms with Gasteiger partial charge in [-0.05, 0) is 67.3 Å². The first-order valence-electron chi connectivity index (χ1n) is 10.8. The van der Waals surface area contributed by atoms with Crippen molar-refractivity contribution < 1.29 is 4.79 Å². The summed E-state index contributed by atoms with van der Waals surface area (Å²) in [4.78, 5) is 22.4. The second-order valence-electron chi connectivity index (χ2n) is 8.22. The van der Waals surface area contributed by atoms with Crippen LogP contribution in [0.3, 0.4) is 0 Å². The van der Waals surface area contributed by atoms with E-state index in [1.807, 2.05) is 24.3 Å². The topological polar surface area (TPSA) is 53.8 Å². The molecule has 0 unspecified atom stereocenters. The van der Waals surface area contributed by atoms with E-state index in [1.54, 1.807) is 0 Å². The van der Waals surface area contributed by atoms with Crippen LogP contribution >= 0.6 is 23.4 Å². The number of benzene rings is 3.